The lowest BCUT2D eigenvalue weighted by molar-refractivity contribution is 0.204. The number of amides is 1. The van der Waals surface area contributed by atoms with Crippen LogP contribution < -0.4 is 10.1 Å². The van der Waals surface area contributed by atoms with Crippen molar-refractivity contribution in [3.8, 4) is 5.75 Å². The van der Waals surface area contributed by atoms with E-state index in [4.69, 9.17) is 4.74 Å². The first-order valence-electron chi connectivity index (χ1n) is 5.41. The fourth-order valence-corrected chi connectivity index (χ4v) is 1.42. The van der Waals surface area contributed by atoms with Crippen LogP contribution in [-0.2, 0) is 12.8 Å². The van der Waals surface area contributed by atoms with Crippen LogP contribution >= 0.6 is 0 Å². The molecule has 0 fully saturated rings. The third-order valence-electron chi connectivity index (χ3n) is 2.27. The molecule has 0 atom stereocenters. The number of hydrogen-bond acceptors (Lipinski definition) is 2. The molecular formula is C13H17NO2. The summed E-state index contributed by atoms with van der Waals surface area (Å²) in [6.07, 6.45) is 2.64. The van der Waals surface area contributed by atoms with Gasteiger partial charge in [-0.05, 0) is 42.3 Å². The van der Waals surface area contributed by atoms with Gasteiger partial charge in [0, 0.05) is 0 Å². The summed E-state index contributed by atoms with van der Waals surface area (Å²) in [5.41, 5.74) is 2.33. The summed E-state index contributed by atoms with van der Waals surface area (Å²) in [6.45, 7) is 7.54. The SMILES string of the molecule is C=CNC(=O)Oc1cc(CC)cc(CC)c1. The topological polar surface area (TPSA) is 38.3 Å². The molecule has 3 nitrogen and oxygen atoms in total. The molecule has 1 rings (SSSR count). The standard InChI is InChI=1S/C13H17NO2/c1-4-10-7-11(5-2)9-12(8-10)16-13(15)14-6-3/h6-9H,3-5H2,1-2H3,(H,14,15). The van der Waals surface area contributed by atoms with Gasteiger partial charge in [-0.3, -0.25) is 5.32 Å². The fourth-order valence-electron chi connectivity index (χ4n) is 1.42. The molecule has 0 aliphatic heterocycles. The molecule has 0 saturated carbocycles. The summed E-state index contributed by atoms with van der Waals surface area (Å²) < 4.78 is 5.12. The van der Waals surface area contributed by atoms with Crippen molar-refractivity contribution < 1.29 is 9.53 Å². The van der Waals surface area contributed by atoms with Crippen molar-refractivity contribution in [2.24, 2.45) is 0 Å². The van der Waals surface area contributed by atoms with Gasteiger partial charge in [-0.1, -0.05) is 26.5 Å². The number of benzene rings is 1. The van der Waals surface area contributed by atoms with Crippen LogP contribution in [0.25, 0.3) is 0 Å². The van der Waals surface area contributed by atoms with Gasteiger partial charge in [0.25, 0.3) is 0 Å². The van der Waals surface area contributed by atoms with E-state index in [1.54, 1.807) is 0 Å². The molecule has 16 heavy (non-hydrogen) atoms. The number of nitrogens with one attached hydrogen (secondary N) is 1. The highest BCUT2D eigenvalue weighted by molar-refractivity contribution is 5.71. The molecule has 0 radical (unpaired) electrons. The van der Waals surface area contributed by atoms with Crippen LogP contribution in [0.4, 0.5) is 4.79 Å². The van der Waals surface area contributed by atoms with Gasteiger partial charge in [0.05, 0.1) is 0 Å². The van der Waals surface area contributed by atoms with Crippen molar-refractivity contribution >= 4 is 6.09 Å². The maximum absolute atomic E-state index is 11.2. The summed E-state index contributed by atoms with van der Waals surface area (Å²) in [4.78, 5) is 11.2. The van der Waals surface area contributed by atoms with Gasteiger partial charge in [0.1, 0.15) is 5.75 Å². The maximum atomic E-state index is 11.2. The number of rotatable bonds is 4. The molecule has 0 bridgehead atoms. The third-order valence-corrected chi connectivity index (χ3v) is 2.27. The third kappa shape index (κ3) is 3.42. The van der Waals surface area contributed by atoms with Crippen LogP contribution in [0, 0.1) is 0 Å². The van der Waals surface area contributed by atoms with Crippen molar-refractivity contribution in [2.45, 2.75) is 26.7 Å². The average molecular weight is 219 g/mol. The molecule has 1 aromatic carbocycles. The maximum Gasteiger partial charge on any atom is 0.416 e. The van der Waals surface area contributed by atoms with Crippen molar-refractivity contribution in [3.63, 3.8) is 0 Å². The van der Waals surface area contributed by atoms with Gasteiger partial charge >= 0.3 is 6.09 Å². The summed E-state index contributed by atoms with van der Waals surface area (Å²) in [5.74, 6) is 0.579. The number of hydrogen-bond donors (Lipinski definition) is 1. The highest BCUT2D eigenvalue weighted by Gasteiger charge is 2.04. The second kappa shape index (κ2) is 5.95. The Kier molecular flexibility index (Phi) is 4.58. The molecule has 0 aromatic heterocycles. The quantitative estimate of drug-likeness (QED) is 0.845. The lowest BCUT2D eigenvalue weighted by atomic mass is 10.1. The Morgan fingerprint density at radius 1 is 1.31 bits per heavy atom. The number of ether oxygens (including phenoxy) is 1. The van der Waals surface area contributed by atoms with Gasteiger partial charge in [-0.25, -0.2) is 4.79 Å². The van der Waals surface area contributed by atoms with Gasteiger partial charge in [0.2, 0.25) is 0 Å². The van der Waals surface area contributed by atoms with Crippen LogP contribution in [0.3, 0.4) is 0 Å². The Morgan fingerprint density at radius 2 is 1.88 bits per heavy atom. The molecule has 3 heteroatoms. The normalized spacial score (nSPS) is 9.62. The van der Waals surface area contributed by atoms with Crippen LogP contribution in [0.1, 0.15) is 25.0 Å². The first-order chi connectivity index (χ1) is 7.69. The van der Waals surface area contributed by atoms with Crippen LogP contribution in [0.2, 0.25) is 0 Å². The van der Waals surface area contributed by atoms with Gasteiger partial charge in [0.15, 0.2) is 0 Å². The Balaban J connectivity index is 2.86. The first-order valence-corrected chi connectivity index (χ1v) is 5.41. The fraction of sp³-hybridized carbons (Fsp3) is 0.308. The van der Waals surface area contributed by atoms with Crippen LogP contribution in [-0.4, -0.2) is 6.09 Å². The van der Waals surface area contributed by atoms with Crippen molar-refractivity contribution in [1.29, 1.82) is 0 Å². The zero-order chi connectivity index (χ0) is 12.0. The Labute approximate surface area is 96.1 Å². The summed E-state index contributed by atoms with van der Waals surface area (Å²) >= 11 is 0. The number of carbonyl (C=O) groups excluding carboxylic acids is 1. The number of aryl methyl sites for hydroxylation is 2. The predicted octanol–water partition coefficient (Wildman–Crippen LogP) is 3.04. The van der Waals surface area contributed by atoms with E-state index < -0.39 is 6.09 Å². The summed E-state index contributed by atoms with van der Waals surface area (Å²) in [7, 11) is 0. The van der Waals surface area contributed by atoms with E-state index in [1.807, 2.05) is 12.1 Å². The average Bonchev–Trinajstić information content (AvgIpc) is 2.28. The molecule has 1 aromatic rings. The minimum Gasteiger partial charge on any atom is -0.410 e. The number of carbonyl (C=O) groups is 1. The minimum absolute atomic E-state index is 0.509. The Hall–Kier alpha value is -1.77. The van der Waals surface area contributed by atoms with E-state index in [2.05, 4.69) is 31.8 Å². The van der Waals surface area contributed by atoms with Gasteiger partial charge < -0.3 is 4.74 Å². The summed E-state index contributed by atoms with van der Waals surface area (Å²) in [5, 5.41) is 2.37. The van der Waals surface area contributed by atoms with E-state index >= 15 is 0 Å². The predicted molar refractivity (Wildman–Crippen MR) is 64.6 cm³/mol. The highest BCUT2D eigenvalue weighted by Crippen LogP contribution is 2.18. The molecular weight excluding hydrogens is 202 g/mol. The lowest BCUT2D eigenvalue weighted by Gasteiger charge is -2.08. The molecule has 86 valence electrons. The minimum atomic E-state index is -0.509. The second-order valence-corrected chi connectivity index (χ2v) is 3.43. The Bertz CT molecular complexity index is 363. The second-order valence-electron chi connectivity index (χ2n) is 3.43. The Morgan fingerprint density at radius 3 is 2.31 bits per heavy atom. The van der Waals surface area contributed by atoms with Crippen molar-refractivity contribution in [1.82, 2.24) is 5.32 Å². The molecule has 1 N–H and O–H groups in total. The van der Waals surface area contributed by atoms with E-state index in [9.17, 15) is 4.79 Å². The van der Waals surface area contributed by atoms with E-state index in [1.165, 1.54) is 17.3 Å². The monoisotopic (exact) mass is 219 g/mol. The first kappa shape index (κ1) is 12.3. The van der Waals surface area contributed by atoms with E-state index in [0.717, 1.165) is 12.8 Å². The lowest BCUT2D eigenvalue weighted by Crippen LogP contribution is -2.21. The molecule has 0 aliphatic carbocycles. The zero-order valence-electron chi connectivity index (χ0n) is 9.75. The van der Waals surface area contributed by atoms with Crippen LogP contribution in [0.15, 0.2) is 31.0 Å². The smallest absolute Gasteiger partial charge is 0.410 e. The molecule has 0 saturated heterocycles. The molecule has 0 heterocycles. The molecule has 0 aliphatic rings. The van der Waals surface area contributed by atoms with Gasteiger partial charge in [-0.2, -0.15) is 0 Å². The largest absolute Gasteiger partial charge is 0.416 e. The van der Waals surface area contributed by atoms with Gasteiger partial charge in [-0.15, -0.1) is 0 Å². The zero-order valence-corrected chi connectivity index (χ0v) is 9.75. The molecule has 0 spiro atoms. The van der Waals surface area contributed by atoms with E-state index in [-0.39, 0.29) is 0 Å². The van der Waals surface area contributed by atoms with Crippen molar-refractivity contribution in [2.75, 3.05) is 0 Å². The highest BCUT2D eigenvalue weighted by atomic mass is 16.5. The van der Waals surface area contributed by atoms with E-state index in [0.29, 0.717) is 5.75 Å². The summed E-state index contributed by atoms with van der Waals surface area (Å²) in [6, 6.07) is 5.88. The molecule has 1 amide bonds. The van der Waals surface area contributed by atoms with Crippen molar-refractivity contribution in [3.05, 3.63) is 42.1 Å². The molecule has 0 unspecified atom stereocenters. The van der Waals surface area contributed by atoms with Crippen LogP contribution in [0.5, 0.6) is 5.75 Å².